The number of hydrogen-bond acceptors (Lipinski definition) is 6. The average molecular weight is 301 g/mol. The van der Waals surface area contributed by atoms with Crippen molar-refractivity contribution in [3.05, 3.63) is 35.1 Å². The third-order valence-electron chi connectivity index (χ3n) is 3.52. The van der Waals surface area contributed by atoms with E-state index in [-0.39, 0.29) is 17.5 Å². The highest BCUT2D eigenvalue weighted by Crippen LogP contribution is 2.23. The molecule has 22 heavy (non-hydrogen) atoms. The van der Waals surface area contributed by atoms with Crippen molar-refractivity contribution in [2.45, 2.75) is 25.7 Å². The summed E-state index contributed by atoms with van der Waals surface area (Å²) in [7, 11) is 1.54. The van der Waals surface area contributed by atoms with Crippen molar-refractivity contribution in [2.75, 3.05) is 12.4 Å². The second kappa shape index (κ2) is 5.92. The van der Waals surface area contributed by atoms with E-state index in [1.54, 1.807) is 6.07 Å². The lowest BCUT2D eigenvalue weighted by molar-refractivity contribution is -0.116. The van der Waals surface area contributed by atoms with Crippen molar-refractivity contribution < 1.29 is 14.1 Å². The topological polar surface area (TPSA) is 110 Å². The molecule has 2 aromatic heterocycles. The summed E-state index contributed by atoms with van der Waals surface area (Å²) in [5.41, 5.74) is 2.10. The molecule has 0 atom stereocenters. The van der Waals surface area contributed by atoms with E-state index in [0.717, 1.165) is 11.3 Å². The number of hydrogen-bond donors (Lipinski definition) is 2. The number of fused-ring (bicyclic) bond motifs is 1. The van der Waals surface area contributed by atoms with Gasteiger partial charge in [0.25, 0.3) is 5.91 Å². The molecule has 0 aliphatic carbocycles. The van der Waals surface area contributed by atoms with E-state index >= 15 is 0 Å². The van der Waals surface area contributed by atoms with Crippen LogP contribution in [0.1, 0.15) is 33.9 Å². The molecule has 2 aromatic rings. The van der Waals surface area contributed by atoms with E-state index < -0.39 is 0 Å². The monoisotopic (exact) mass is 301 g/mol. The molecular formula is C14H15N5O3. The number of amides is 2. The molecule has 0 spiro atoms. The van der Waals surface area contributed by atoms with Gasteiger partial charge >= 0.3 is 0 Å². The Bertz CT molecular complexity index is 725. The van der Waals surface area contributed by atoms with Gasteiger partial charge in [0, 0.05) is 37.2 Å². The van der Waals surface area contributed by atoms with Gasteiger partial charge in [-0.05, 0) is 12.8 Å². The Morgan fingerprint density at radius 2 is 2.23 bits per heavy atom. The highest BCUT2D eigenvalue weighted by atomic mass is 16.5. The Balaban J connectivity index is 1.72. The lowest BCUT2D eigenvalue weighted by atomic mass is 10.0. The fraction of sp³-hybridized carbons (Fsp3) is 0.357. The van der Waals surface area contributed by atoms with E-state index in [9.17, 15) is 9.59 Å². The molecule has 2 amide bonds. The lowest BCUT2D eigenvalue weighted by Crippen LogP contribution is -2.22. The van der Waals surface area contributed by atoms with Crippen LogP contribution in [0.25, 0.3) is 0 Å². The molecule has 0 aromatic carbocycles. The second-order valence-corrected chi connectivity index (χ2v) is 4.95. The number of aryl methyl sites for hydroxylation is 2. The van der Waals surface area contributed by atoms with Gasteiger partial charge in [-0.1, -0.05) is 5.16 Å². The summed E-state index contributed by atoms with van der Waals surface area (Å²) < 4.78 is 5.15. The van der Waals surface area contributed by atoms with Crippen molar-refractivity contribution in [3.8, 4) is 0 Å². The SMILES string of the molecule is CNC(=O)c1cc(CCc2ncnc3c2CCC(=O)N3)on1. The lowest BCUT2D eigenvalue weighted by Gasteiger charge is -2.17. The number of nitrogens with zero attached hydrogens (tertiary/aromatic N) is 3. The number of anilines is 1. The Morgan fingerprint density at radius 1 is 1.36 bits per heavy atom. The van der Waals surface area contributed by atoms with Crippen LogP contribution in [0.15, 0.2) is 16.9 Å². The van der Waals surface area contributed by atoms with Crippen molar-refractivity contribution in [1.82, 2.24) is 20.4 Å². The van der Waals surface area contributed by atoms with Gasteiger partial charge < -0.3 is 15.2 Å². The Kier molecular flexibility index (Phi) is 3.82. The number of aromatic nitrogens is 3. The summed E-state index contributed by atoms with van der Waals surface area (Å²) in [6.45, 7) is 0. The minimum atomic E-state index is -0.280. The van der Waals surface area contributed by atoms with Gasteiger partial charge in [0.1, 0.15) is 17.9 Å². The zero-order chi connectivity index (χ0) is 15.5. The number of carbonyl (C=O) groups excluding carboxylic acids is 2. The van der Waals surface area contributed by atoms with Crippen molar-refractivity contribution in [1.29, 1.82) is 0 Å². The third-order valence-corrected chi connectivity index (χ3v) is 3.52. The predicted octanol–water partition coefficient (Wildman–Crippen LogP) is 0.494. The van der Waals surface area contributed by atoms with Crippen LogP contribution in [-0.2, 0) is 24.1 Å². The van der Waals surface area contributed by atoms with Gasteiger partial charge in [0.2, 0.25) is 5.91 Å². The van der Waals surface area contributed by atoms with Gasteiger partial charge in [0.05, 0.1) is 0 Å². The molecule has 0 saturated carbocycles. The minimum absolute atomic E-state index is 0.0254. The second-order valence-electron chi connectivity index (χ2n) is 4.95. The zero-order valence-electron chi connectivity index (χ0n) is 12.0. The van der Waals surface area contributed by atoms with Gasteiger partial charge in [-0.25, -0.2) is 9.97 Å². The van der Waals surface area contributed by atoms with Crippen LogP contribution in [0.4, 0.5) is 5.82 Å². The van der Waals surface area contributed by atoms with Crippen LogP contribution in [0.5, 0.6) is 0 Å². The van der Waals surface area contributed by atoms with Gasteiger partial charge in [-0.2, -0.15) is 0 Å². The van der Waals surface area contributed by atoms with Crippen LogP contribution in [-0.4, -0.2) is 34.0 Å². The van der Waals surface area contributed by atoms with Crippen LogP contribution in [0.3, 0.4) is 0 Å². The quantitative estimate of drug-likeness (QED) is 0.850. The number of rotatable bonds is 4. The Morgan fingerprint density at radius 3 is 3.05 bits per heavy atom. The molecule has 3 heterocycles. The molecule has 0 unspecified atom stereocenters. The van der Waals surface area contributed by atoms with Crippen LogP contribution >= 0.6 is 0 Å². The Hall–Kier alpha value is -2.77. The standard InChI is InChI=1S/C14H15N5O3/c1-15-14(21)11-6-8(22-19-11)2-4-10-9-3-5-12(20)18-13(9)17-7-16-10/h6-7H,2-5H2,1H3,(H,15,21)(H,16,17,18,20). The zero-order valence-corrected chi connectivity index (χ0v) is 12.0. The van der Waals surface area contributed by atoms with Gasteiger partial charge in [0.15, 0.2) is 5.69 Å². The average Bonchev–Trinajstić information content (AvgIpc) is 3.00. The largest absolute Gasteiger partial charge is 0.361 e. The summed E-state index contributed by atoms with van der Waals surface area (Å²) in [6, 6.07) is 1.62. The van der Waals surface area contributed by atoms with E-state index in [0.29, 0.717) is 37.3 Å². The van der Waals surface area contributed by atoms with Gasteiger partial charge in [-0.15, -0.1) is 0 Å². The third kappa shape index (κ3) is 2.80. The fourth-order valence-corrected chi connectivity index (χ4v) is 2.38. The first kappa shape index (κ1) is 14.2. The molecule has 3 rings (SSSR count). The normalized spacial score (nSPS) is 13.4. The molecule has 0 bridgehead atoms. The summed E-state index contributed by atoms with van der Waals surface area (Å²) >= 11 is 0. The molecule has 114 valence electrons. The first-order valence-corrected chi connectivity index (χ1v) is 6.97. The molecule has 0 fully saturated rings. The molecular weight excluding hydrogens is 286 g/mol. The molecule has 1 aliphatic rings. The molecule has 8 nitrogen and oxygen atoms in total. The maximum absolute atomic E-state index is 11.4. The van der Waals surface area contributed by atoms with Crippen molar-refractivity contribution in [3.63, 3.8) is 0 Å². The highest BCUT2D eigenvalue weighted by Gasteiger charge is 2.20. The van der Waals surface area contributed by atoms with E-state index in [1.807, 2.05) is 0 Å². The van der Waals surface area contributed by atoms with E-state index in [2.05, 4.69) is 25.8 Å². The molecule has 1 aliphatic heterocycles. The minimum Gasteiger partial charge on any atom is -0.361 e. The van der Waals surface area contributed by atoms with Crippen LogP contribution in [0.2, 0.25) is 0 Å². The Labute approximate surface area is 126 Å². The summed E-state index contributed by atoms with van der Waals surface area (Å²) in [5.74, 6) is 0.899. The molecule has 0 saturated heterocycles. The fourth-order valence-electron chi connectivity index (χ4n) is 2.38. The summed E-state index contributed by atoms with van der Waals surface area (Å²) in [4.78, 5) is 31.2. The predicted molar refractivity (Wildman–Crippen MR) is 76.3 cm³/mol. The molecule has 0 radical (unpaired) electrons. The van der Waals surface area contributed by atoms with Crippen molar-refractivity contribution in [2.24, 2.45) is 0 Å². The van der Waals surface area contributed by atoms with Gasteiger partial charge in [-0.3, -0.25) is 9.59 Å². The van der Waals surface area contributed by atoms with E-state index in [4.69, 9.17) is 4.52 Å². The first-order chi connectivity index (χ1) is 10.7. The van der Waals surface area contributed by atoms with Crippen LogP contribution < -0.4 is 10.6 Å². The number of nitrogens with one attached hydrogen (secondary N) is 2. The number of carbonyl (C=O) groups is 2. The summed E-state index contributed by atoms with van der Waals surface area (Å²) in [6.07, 6.45) is 3.72. The molecule has 2 N–H and O–H groups in total. The molecule has 8 heteroatoms. The first-order valence-electron chi connectivity index (χ1n) is 6.97. The van der Waals surface area contributed by atoms with E-state index in [1.165, 1.54) is 13.4 Å². The van der Waals surface area contributed by atoms with Crippen LogP contribution in [0, 0.1) is 0 Å². The summed E-state index contributed by atoms with van der Waals surface area (Å²) in [5, 5.41) is 8.96. The van der Waals surface area contributed by atoms with Crippen molar-refractivity contribution >= 4 is 17.6 Å². The smallest absolute Gasteiger partial charge is 0.273 e. The maximum Gasteiger partial charge on any atom is 0.273 e. The maximum atomic E-state index is 11.4. The highest BCUT2D eigenvalue weighted by molar-refractivity contribution is 5.93.